The van der Waals surface area contributed by atoms with E-state index in [4.69, 9.17) is 4.98 Å². The monoisotopic (exact) mass is 497 g/mol. The van der Waals surface area contributed by atoms with Crippen molar-refractivity contribution in [2.45, 2.75) is 0 Å². The Balaban J connectivity index is 2.21. The first-order valence-corrected chi connectivity index (χ1v) is 8.57. The molecule has 4 rings (SSSR count). The number of halogens is 2. The van der Waals surface area contributed by atoms with Crippen LogP contribution in [-0.4, -0.2) is 14.5 Å². The Morgan fingerprint density at radius 3 is 2.57 bits per heavy atom. The fourth-order valence-electron chi connectivity index (χ4n) is 2.55. The van der Waals surface area contributed by atoms with Crippen LogP contribution in [0.4, 0.5) is 0 Å². The molecule has 5 heteroatoms. The summed E-state index contributed by atoms with van der Waals surface area (Å²) in [5.74, 6) is 0. The summed E-state index contributed by atoms with van der Waals surface area (Å²) < 4.78 is 4.31. The molecule has 0 unspecified atom stereocenters. The maximum Gasteiger partial charge on any atom is 0.148 e. The van der Waals surface area contributed by atoms with Gasteiger partial charge < -0.3 is 0 Å². The van der Waals surface area contributed by atoms with Gasteiger partial charge in [-0.1, -0.05) is 6.07 Å². The molecule has 102 valence electrons. The van der Waals surface area contributed by atoms with E-state index in [0.717, 1.165) is 31.5 Å². The third-order valence-corrected chi connectivity index (χ3v) is 4.68. The van der Waals surface area contributed by atoms with Gasteiger partial charge in [0, 0.05) is 20.5 Å². The molecule has 3 nitrogen and oxygen atoms in total. The Labute approximate surface area is 148 Å². The largest absolute Gasteiger partial charge is 0.278 e. The molecule has 0 aliphatic heterocycles. The summed E-state index contributed by atoms with van der Waals surface area (Å²) >= 11 is 4.58. The van der Waals surface area contributed by atoms with Crippen LogP contribution in [0, 0.1) is 7.27 Å². The zero-order valence-corrected chi connectivity index (χ0v) is 15.1. The van der Waals surface area contributed by atoms with Crippen LogP contribution in [0.3, 0.4) is 0 Å². The van der Waals surface area contributed by atoms with Crippen molar-refractivity contribution in [1.82, 2.24) is 14.5 Å². The Morgan fingerprint density at radius 2 is 1.71 bits per heavy atom. The van der Waals surface area contributed by atoms with E-state index in [1.165, 1.54) is 3.57 Å². The molecule has 0 atom stereocenters. The Hall–Kier alpha value is -1.22. The first-order chi connectivity index (χ1) is 10.2. The lowest BCUT2D eigenvalue weighted by Crippen LogP contribution is -1.97. The van der Waals surface area contributed by atoms with Crippen LogP contribution in [0.5, 0.6) is 0 Å². The molecule has 0 N–H and O–H groups in total. The summed E-state index contributed by atoms with van der Waals surface area (Å²) in [7, 11) is 0. The van der Waals surface area contributed by atoms with Gasteiger partial charge in [-0.25, -0.2) is 9.97 Å². The lowest BCUT2D eigenvalue weighted by atomic mass is 10.2. The van der Waals surface area contributed by atoms with E-state index in [1.54, 1.807) is 0 Å². The van der Waals surface area contributed by atoms with Crippen molar-refractivity contribution in [3.8, 4) is 5.69 Å². The van der Waals surface area contributed by atoms with Gasteiger partial charge in [0.2, 0.25) is 0 Å². The van der Waals surface area contributed by atoms with E-state index in [1.807, 2.05) is 18.3 Å². The number of aromatic nitrogens is 3. The van der Waals surface area contributed by atoms with Crippen molar-refractivity contribution >= 4 is 67.2 Å². The van der Waals surface area contributed by atoms with E-state index >= 15 is 0 Å². The molecule has 0 spiro atoms. The molecule has 3 heterocycles. The summed E-state index contributed by atoms with van der Waals surface area (Å²) in [6, 6.07) is 16.6. The third-order valence-electron chi connectivity index (χ3n) is 3.41. The van der Waals surface area contributed by atoms with Crippen LogP contribution < -0.4 is 0 Å². The number of pyridine rings is 2. The lowest BCUT2D eigenvalue weighted by molar-refractivity contribution is 1.09. The minimum atomic E-state index is 0.948. The molecule has 0 saturated heterocycles. The standard InChI is InChI=1S/C16H9I2N3/c17-10-3-1-4-11(9-10)21-15-12(5-2-8-19-15)13-6-7-14(18)20-16(13)21/h1-9H. The van der Waals surface area contributed by atoms with Gasteiger partial charge in [-0.2, -0.15) is 0 Å². The Morgan fingerprint density at radius 1 is 0.857 bits per heavy atom. The highest BCUT2D eigenvalue weighted by Gasteiger charge is 2.14. The molecular weight excluding hydrogens is 488 g/mol. The molecule has 0 fully saturated rings. The molecule has 1 aromatic carbocycles. The second-order valence-corrected chi connectivity index (χ2v) is 7.05. The van der Waals surface area contributed by atoms with Crippen LogP contribution in [-0.2, 0) is 0 Å². The van der Waals surface area contributed by atoms with Crippen molar-refractivity contribution in [3.63, 3.8) is 0 Å². The van der Waals surface area contributed by atoms with Crippen molar-refractivity contribution in [3.05, 3.63) is 62.0 Å². The van der Waals surface area contributed by atoms with Crippen LogP contribution >= 0.6 is 45.2 Å². The van der Waals surface area contributed by atoms with Crippen molar-refractivity contribution in [2.75, 3.05) is 0 Å². The van der Waals surface area contributed by atoms with Gasteiger partial charge in [0.25, 0.3) is 0 Å². The maximum absolute atomic E-state index is 4.73. The quantitative estimate of drug-likeness (QED) is 0.280. The fraction of sp³-hybridized carbons (Fsp3) is 0. The lowest BCUT2D eigenvalue weighted by Gasteiger charge is -2.06. The molecular formula is C16H9I2N3. The summed E-state index contributed by atoms with van der Waals surface area (Å²) in [4.78, 5) is 9.30. The number of hydrogen-bond donors (Lipinski definition) is 0. The normalized spacial score (nSPS) is 11.3. The Bertz CT molecular complexity index is 976. The highest BCUT2D eigenvalue weighted by atomic mass is 127. The molecule has 3 aromatic heterocycles. The van der Waals surface area contributed by atoms with E-state index in [2.05, 4.69) is 91.1 Å². The van der Waals surface area contributed by atoms with Gasteiger partial charge in [0.05, 0.1) is 5.69 Å². The van der Waals surface area contributed by atoms with E-state index < -0.39 is 0 Å². The number of fused-ring (bicyclic) bond motifs is 3. The van der Waals surface area contributed by atoms with Crippen molar-refractivity contribution in [1.29, 1.82) is 0 Å². The summed E-state index contributed by atoms with van der Waals surface area (Å²) in [5.41, 5.74) is 3.00. The number of rotatable bonds is 1. The van der Waals surface area contributed by atoms with Gasteiger partial charge in [-0.05, 0) is 87.6 Å². The van der Waals surface area contributed by atoms with Gasteiger partial charge >= 0.3 is 0 Å². The molecule has 0 radical (unpaired) electrons. The molecule has 0 aliphatic carbocycles. The molecule has 0 saturated carbocycles. The van der Waals surface area contributed by atoms with Crippen LogP contribution in [0.15, 0.2) is 54.7 Å². The molecule has 0 amide bonds. The average Bonchev–Trinajstić information content (AvgIpc) is 2.80. The minimum absolute atomic E-state index is 0.948. The fourth-order valence-corrected chi connectivity index (χ4v) is 3.49. The zero-order chi connectivity index (χ0) is 14.4. The topological polar surface area (TPSA) is 30.7 Å². The average molecular weight is 497 g/mol. The SMILES string of the molecule is Ic1cccc(-n2c3ncccc3c3ccc(I)nc32)c1. The van der Waals surface area contributed by atoms with Gasteiger partial charge in [-0.3, -0.25) is 4.57 Å². The van der Waals surface area contributed by atoms with E-state index in [9.17, 15) is 0 Å². The van der Waals surface area contributed by atoms with Crippen LogP contribution in [0.1, 0.15) is 0 Å². The number of nitrogens with zero attached hydrogens (tertiary/aromatic N) is 3. The van der Waals surface area contributed by atoms with Crippen molar-refractivity contribution < 1.29 is 0 Å². The predicted molar refractivity (Wildman–Crippen MR) is 102 cm³/mol. The molecule has 4 aromatic rings. The highest BCUT2D eigenvalue weighted by molar-refractivity contribution is 14.1. The maximum atomic E-state index is 4.73. The predicted octanol–water partition coefficient (Wildman–Crippen LogP) is 4.78. The smallest absolute Gasteiger partial charge is 0.148 e. The minimum Gasteiger partial charge on any atom is -0.278 e. The number of hydrogen-bond acceptors (Lipinski definition) is 2. The first kappa shape index (κ1) is 13.4. The highest BCUT2D eigenvalue weighted by Crippen LogP contribution is 2.30. The van der Waals surface area contributed by atoms with Crippen LogP contribution in [0.25, 0.3) is 27.8 Å². The second-order valence-electron chi connectivity index (χ2n) is 4.69. The zero-order valence-electron chi connectivity index (χ0n) is 10.8. The van der Waals surface area contributed by atoms with E-state index in [-0.39, 0.29) is 0 Å². The Kier molecular flexibility index (Phi) is 3.33. The summed E-state index contributed by atoms with van der Waals surface area (Å²) in [5, 5.41) is 2.27. The summed E-state index contributed by atoms with van der Waals surface area (Å²) in [6.45, 7) is 0. The van der Waals surface area contributed by atoms with Gasteiger partial charge in [0.1, 0.15) is 15.0 Å². The molecule has 21 heavy (non-hydrogen) atoms. The molecule has 0 aliphatic rings. The third kappa shape index (κ3) is 2.22. The van der Waals surface area contributed by atoms with Crippen LogP contribution in [0.2, 0.25) is 0 Å². The van der Waals surface area contributed by atoms with E-state index in [0.29, 0.717) is 0 Å². The molecule has 0 bridgehead atoms. The second kappa shape index (κ2) is 5.20. The van der Waals surface area contributed by atoms with Crippen molar-refractivity contribution in [2.24, 2.45) is 0 Å². The summed E-state index contributed by atoms with van der Waals surface area (Å²) in [6.07, 6.45) is 1.83. The first-order valence-electron chi connectivity index (χ1n) is 6.42. The van der Waals surface area contributed by atoms with Gasteiger partial charge in [-0.15, -0.1) is 0 Å². The van der Waals surface area contributed by atoms with Gasteiger partial charge in [0.15, 0.2) is 0 Å². The number of benzene rings is 1.